The summed E-state index contributed by atoms with van der Waals surface area (Å²) in [6.45, 7) is 6.12. The van der Waals surface area contributed by atoms with Crippen molar-refractivity contribution in [2.45, 2.75) is 45.6 Å². The smallest absolute Gasteiger partial charge is 0.228 e. The highest BCUT2D eigenvalue weighted by Gasteiger charge is 2.29. The lowest BCUT2D eigenvalue weighted by atomic mass is 9.96. The van der Waals surface area contributed by atoms with E-state index in [2.05, 4.69) is 22.1 Å². The van der Waals surface area contributed by atoms with Crippen LogP contribution in [0.2, 0.25) is 0 Å². The Bertz CT molecular complexity index is 1020. The number of amides is 1. The molecule has 1 amide bonds. The normalized spacial score (nSPS) is 17.2. The van der Waals surface area contributed by atoms with Crippen LogP contribution in [0.5, 0.6) is 0 Å². The van der Waals surface area contributed by atoms with Gasteiger partial charge in [0, 0.05) is 36.5 Å². The fourth-order valence-electron chi connectivity index (χ4n) is 3.72. The fraction of sp³-hybridized carbons (Fsp3) is 0.474. The van der Waals surface area contributed by atoms with Crippen molar-refractivity contribution in [2.24, 2.45) is 0 Å². The summed E-state index contributed by atoms with van der Waals surface area (Å²) >= 11 is 6.90. The fourth-order valence-corrected chi connectivity index (χ4v) is 4.62. The molecule has 0 spiro atoms. The number of H-pyrrole nitrogens is 1. The van der Waals surface area contributed by atoms with Crippen molar-refractivity contribution >= 4 is 29.5 Å². The number of aromatic amines is 1. The van der Waals surface area contributed by atoms with Crippen molar-refractivity contribution < 1.29 is 9.21 Å². The molecule has 1 aliphatic rings. The van der Waals surface area contributed by atoms with E-state index in [1.165, 1.54) is 0 Å². The van der Waals surface area contributed by atoms with E-state index < -0.39 is 0 Å². The molecule has 148 valence electrons. The molecule has 1 saturated heterocycles. The molecule has 4 heterocycles. The predicted molar refractivity (Wildman–Crippen MR) is 110 cm³/mol. The lowest BCUT2D eigenvalue weighted by Gasteiger charge is -2.32. The van der Waals surface area contributed by atoms with Crippen LogP contribution in [-0.2, 0) is 17.8 Å². The first-order chi connectivity index (χ1) is 13.6. The van der Waals surface area contributed by atoms with Crippen LogP contribution >= 0.6 is 23.6 Å². The van der Waals surface area contributed by atoms with Gasteiger partial charge in [-0.05, 0) is 50.4 Å². The van der Waals surface area contributed by atoms with E-state index in [-0.39, 0.29) is 18.2 Å². The SMILES string of the molecule is CCn1c(C2CCCN(C(=O)Cc3nc(-c4ccsc4)oc3C)C2)n[nH]c1=S. The van der Waals surface area contributed by atoms with Crippen LogP contribution in [0.1, 0.15) is 43.0 Å². The van der Waals surface area contributed by atoms with Crippen LogP contribution in [0.25, 0.3) is 11.5 Å². The van der Waals surface area contributed by atoms with Gasteiger partial charge in [-0.1, -0.05) is 0 Å². The number of aromatic nitrogens is 4. The molecule has 7 nitrogen and oxygen atoms in total. The standard InChI is InChI=1S/C19H23N5O2S2/c1-3-24-17(21-22-19(24)27)13-5-4-7-23(10-13)16(25)9-15-12(2)26-18(20-15)14-6-8-28-11-14/h6,8,11,13H,3-5,7,9-10H2,1-2H3,(H,22,27). The highest BCUT2D eigenvalue weighted by atomic mass is 32.1. The molecule has 28 heavy (non-hydrogen) atoms. The average molecular weight is 418 g/mol. The summed E-state index contributed by atoms with van der Waals surface area (Å²) < 4.78 is 8.42. The molecule has 0 saturated carbocycles. The average Bonchev–Trinajstić information content (AvgIpc) is 3.42. The van der Waals surface area contributed by atoms with Gasteiger partial charge in [-0.2, -0.15) is 16.4 Å². The Hall–Kier alpha value is -2.26. The number of hydrogen-bond acceptors (Lipinski definition) is 6. The minimum atomic E-state index is 0.0788. The number of aryl methyl sites for hydroxylation is 1. The van der Waals surface area contributed by atoms with Gasteiger partial charge in [-0.25, -0.2) is 4.98 Å². The number of oxazole rings is 1. The van der Waals surface area contributed by atoms with Crippen LogP contribution in [0.4, 0.5) is 0 Å². The number of carbonyl (C=O) groups is 1. The van der Waals surface area contributed by atoms with Gasteiger partial charge >= 0.3 is 0 Å². The quantitative estimate of drug-likeness (QED) is 0.636. The Kier molecular flexibility index (Phi) is 5.45. The third-order valence-electron chi connectivity index (χ3n) is 5.22. The van der Waals surface area contributed by atoms with Gasteiger partial charge in [0.05, 0.1) is 12.1 Å². The molecular formula is C19H23N5O2S2. The molecule has 3 aromatic rings. The highest BCUT2D eigenvalue weighted by Crippen LogP contribution is 2.27. The zero-order chi connectivity index (χ0) is 19.7. The Morgan fingerprint density at radius 3 is 3.11 bits per heavy atom. The molecule has 3 aromatic heterocycles. The van der Waals surface area contributed by atoms with E-state index >= 15 is 0 Å². The number of nitrogens with zero attached hydrogens (tertiary/aromatic N) is 4. The van der Waals surface area contributed by atoms with Crippen LogP contribution in [-0.4, -0.2) is 43.6 Å². The first kappa shape index (κ1) is 19.1. The number of carbonyl (C=O) groups excluding carboxylic acids is 1. The van der Waals surface area contributed by atoms with Gasteiger partial charge < -0.3 is 13.9 Å². The first-order valence-corrected chi connectivity index (χ1v) is 10.8. The molecule has 0 radical (unpaired) electrons. The van der Waals surface area contributed by atoms with Crippen LogP contribution in [0, 0.1) is 11.7 Å². The summed E-state index contributed by atoms with van der Waals surface area (Å²) in [6, 6.07) is 1.97. The lowest BCUT2D eigenvalue weighted by Crippen LogP contribution is -2.40. The molecular weight excluding hydrogens is 394 g/mol. The molecule has 1 atom stereocenters. The summed E-state index contributed by atoms with van der Waals surface area (Å²) in [5.74, 6) is 2.51. The molecule has 9 heteroatoms. The summed E-state index contributed by atoms with van der Waals surface area (Å²) in [4.78, 5) is 19.4. The lowest BCUT2D eigenvalue weighted by molar-refractivity contribution is -0.131. The second kappa shape index (κ2) is 8.00. The zero-order valence-electron chi connectivity index (χ0n) is 16.0. The maximum absolute atomic E-state index is 12.9. The van der Waals surface area contributed by atoms with Crippen molar-refractivity contribution in [3.8, 4) is 11.5 Å². The van der Waals surface area contributed by atoms with Crippen molar-refractivity contribution in [1.29, 1.82) is 0 Å². The van der Waals surface area contributed by atoms with Crippen LogP contribution in [0.15, 0.2) is 21.2 Å². The molecule has 0 bridgehead atoms. The Labute approximate surface area is 172 Å². The molecule has 1 unspecified atom stereocenters. The van der Waals surface area contributed by atoms with E-state index in [0.717, 1.165) is 37.3 Å². The minimum Gasteiger partial charge on any atom is -0.441 e. The van der Waals surface area contributed by atoms with E-state index in [1.54, 1.807) is 11.3 Å². The van der Waals surface area contributed by atoms with Crippen molar-refractivity contribution in [3.63, 3.8) is 0 Å². The maximum Gasteiger partial charge on any atom is 0.228 e. The van der Waals surface area contributed by atoms with E-state index in [1.807, 2.05) is 33.2 Å². The third-order valence-corrected chi connectivity index (χ3v) is 6.22. The van der Waals surface area contributed by atoms with Gasteiger partial charge in [-0.15, -0.1) is 0 Å². The Balaban J connectivity index is 1.47. The van der Waals surface area contributed by atoms with Crippen LogP contribution in [0.3, 0.4) is 0 Å². The number of nitrogens with one attached hydrogen (secondary N) is 1. The molecule has 1 N–H and O–H groups in total. The summed E-state index contributed by atoms with van der Waals surface area (Å²) in [5, 5.41) is 11.3. The number of hydrogen-bond donors (Lipinski definition) is 1. The second-order valence-electron chi connectivity index (χ2n) is 7.02. The maximum atomic E-state index is 12.9. The second-order valence-corrected chi connectivity index (χ2v) is 8.19. The molecule has 0 aliphatic carbocycles. The van der Waals surface area contributed by atoms with Gasteiger partial charge in [0.1, 0.15) is 11.6 Å². The summed E-state index contributed by atoms with van der Waals surface area (Å²) in [6.07, 6.45) is 2.22. The molecule has 4 rings (SSSR count). The third kappa shape index (κ3) is 3.68. The van der Waals surface area contributed by atoms with Crippen molar-refractivity contribution in [1.82, 2.24) is 24.6 Å². The molecule has 1 aliphatic heterocycles. The number of rotatable bonds is 5. The van der Waals surface area contributed by atoms with E-state index in [0.29, 0.717) is 28.7 Å². The highest BCUT2D eigenvalue weighted by molar-refractivity contribution is 7.71. The van der Waals surface area contributed by atoms with Gasteiger partial charge in [0.15, 0.2) is 4.77 Å². The van der Waals surface area contributed by atoms with E-state index in [4.69, 9.17) is 16.6 Å². The number of piperidine rings is 1. The topological polar surface area (TPSA) is 79.9 Å². The zero-order valence-corrected chi connectivity index (χ0v) is 17.6. The van der Waals surface area contributed by atoms with Crippen LogP contribution < -0.4 is 0 Å². The first-order valence-electron chi connectivity index (χ1n) is 9.48. The van der Waals surface area contributed by atoms with Crippen molar-refractivity contribution in [3.05, 3.63) is 38.9 Å². The van der Waals surface area contributed by atoms with Gasteiger partial charge in [0.25, 0.3) is 0 Å². The number of likely N-dealkylation sites (tertiary alicyclic amines) is 1. The van der Waals surface area contributed by atoms with Gasteiger partial charge in [0.2, 0.25) is 11.8 Å². The minimum absolute atomic E-state index is 0.0788. The summed E-state index contributed by atoms with van der Waals surface area (Å²) in [7, 11) is 0. The van der Waals surface area contributed by atoms with Crippen molar-refractivity contribution in [2.75, 3.05) is 13.1 Å². The summed E-state index contributed by atoms with van der Waals surface area (Å²) in [5.41, 5.74) is 1.66. The Morgan fingerprint density at radius 2 is 2.36 bits per heavy atom. The molecule has 1 fully saturated rings. The van der Waals surface area contributed by atoms with E-state index in [9.17, 15) is 4.79 Å². The largest absolute Gasteiger partial charge is 0.441 e. The number of thiophene rings is 1. The Morgan fingerprint density at radius 1 is 1.50 bits per heavy atom. The monoisotopic (exact) mass is 417 g/mol. The predicted octanol–water partition coefficient (Wildman–Crippen LogP) is 3.93. The molecule has 0 aromatic carbocycles. The van der Waals surface area contributed by atoms with Gasteiger partial charge in [-0.3, -0.25) is 9.89 Å².